The number of carbonyl (C=O) groups is 2. The Labute approximate surface area is 114 Å². The first-order valence-electron chi connectivity index (χ1n) is 6.08. The number of β-amino-alcohol motifs (C(OH)–C–C–N with tert-alkyl or cyclic N) is 1. The normalized spacial score (nSPS) is 18.9. The topological polar surface area (TPSA) is 77.8 Å². The number of hydrogen-bond acceptors (Lipinski definition) is 4. The maximum Gasteiger partial charge on any atom is 0.290 e. The van der Waals surface area contributed by atoms with Crippen molar-refractivity contribution in [3.8, 4) is 0 Å². The summed E-state index contributed by atoms with van der Waals surface area (Å²) in [5.41, 5.74) is 0.470. The molecular weight excluding hydrogens is 265 g/mol. The van der Waals surface area contributed by atoms with E-state index in [9.17, 15) is 19.1 Å². The highest BCUT2D eigenvalue weighted by atomic mass is 19.1. The van der Waals surface area contributed by atoms with Crippen LogP contribution in [0.4, 0.5) is 4.39 Å². The fourth-order valence-electron chi connectivity index (χ4n) is 2.34. The van der Waals surface area contributed by atoms with E-state index in [0.29, 0.717) is 5.56 Å². The Morgan fingerprint density at radius 1 is 1.35 bits per heavy atom. The summed E-state index contributed by atoms with van der Waals surface area (Å²) < 4.78 is 13.0. The third kappa shape index (κ3) is 2.30. The van der Waals surface area contributed by atoms with E-state index in [1.54, 1.807) is 0 Å². The summed E-state index contributed by atoms with van der Waals surface area (Å²) in [6.45, 7) is 0.918. The second-order valence-electron chi connectivity index (χ2n) is 4.49. The molecule has 1 atom stereocenters. The van der Waals surface area contributed by atoms with Crippen LogP contribution in [0.1, 0.15) is 18.5 Å². The highest BCUT2D eigenvalue weighted by Crippen LogP contribution is 2.37. The van der Waals surface area contributed by atoms with Crippen molar-refractivity contribution >= 4 is 11.7 Å². The van der Waals surface area contributed by atoms with Gasteiger partial charge in [-0.3, -0.25) is 9.59 Å². The maximum atomic E-state index is 13.0. The molecule has 0 saturated carbocycles. The van der Waals surface area contributed by atoms with Gasteiger partial charge < -0.3 is 15.1 Å². The molecule has 0 aliphatic carbocycles. The number of amides is 1. The molecule has 0 fully saturated rings. The molecule has 6 heteroatoms. The standard InChI is InChI=1S/C14H14FNO4/c1-8(18)11-12(9-2-4-10(15)5-3-9)16(6-7-17)14(20)13(11)19/h2-5,12,17,19H,6-7H2,1H3/t12-/m0/s1. The Bertz CT molecular complexity index is 579. The number of ketones is 1. The van der Waals surface area contributed by atoms with Gasteiger partial charge in [0.25, 0.3) is 5.91 Å². The molecular formula is C14H14FNO4. The van der Waals surface area contributed by atoms with Gasteiger partial charge >= 0.3 is 0 Å². The van der Waals surface area contributed by atoms with Gasteiger partial charge in [0.15, 0.2) is 11.5 Å². The predicted octanol–water partition coefficient (Wildman–Crippen LogP) is 1.10. The summed E-state index contributed by atoms with van der Waals surface area (Å²) in [4.78, 5) is 24.8. The Hall–Kier alpha value is -2.21. The number of aliphatic hydroxyl groups excluding tert-OH is 2. The lowest BCUT2D eigenvalue weighted by atomic mass is 9.97. The molecule has 1 aliphatic heterocycles. The van der Waals surface area contributed by atoms with Crippen LogP contribution in [-0.2, 0) is 9.59 Å². The molecule has 1 aliphatic rings. The van der Waals surface area contributed by atoms with Gasteiger partial charge in [0.2, 0.25) is 0 Å². The van der Waals surface area contributed by atoms with Crippen molar-refractivity contribution < 1.29 is 24.2 Å². The van der Waals surface area contributed by atoms with Crippen molar-refractivity contribution in [1.82, 2.24) is 4.90 Å². The molecule has 1 aromatic carbocycles. The van der Waals surface area contributed by atoms with E-state index in [4.69, 9.17) is 5.11 Å². The van der Waals surface area contributed by atoms with Crippen LogP contribution in [0, 0.1) is 5.82 Å². The minimum atomic E-state index is -0.798. The van der Waals surface area contributed by atoms with Gasteiger partial charge in [-0.05, 0) is 24.6 Å². The highest BCUT2D eigenvalue weighted by molar-refractivity contribution is 6.08. The van der Waals surface area contributed by atoms with Gasteiger partial charge in [-0.15, -0.1) is 0 Å². The molecule has 1 heterocycles. The van der Waals surface area contributed by atoms with Crippen molar-refractivity contribution in [1.29, 1.82) is 0 Å². The fraction of sp³-hybridized carbons (Fsp3) is 0.286. The molecule has 0 radical (unpaired) electrons. The number of carbonyl (C=O) groups excluding carboxylic acids is 2. The second kappa shape index (κ2) is 5.42. The van der Waals surface area contributed by atoms with Crippen LogP contribution in [0.15, 0.2) is 35.6 Å². The van der Waals surface area contributed by atoms with Crippen molar-refractivity contribution in [2.24, 2.45) is 0 Å². The fourth-order valence-corrected chi connectivity index (χ4v) is 2.34. The van der Waals surface area contributed by atoms with Gasteiger partial charge in [0, 0.05) is 6.54 Å². The molecule has 5 nitrogen and oxygen atoms in total. The molecule has 2 rings (SSSR count). The number of aliphatic hydroxyl groups is 2. The minimum Gasteiger partial charge on any atom is -0.503 e. The summed E-state index contributed by atoms with van der Waals surface area (Å²) in [5, 5.41) is 18.8. The minimum absolute atomic E-state index is 0.0261. The second-order valence-corrected chi connectivity index (χ2v) is 4.49. The summed E-state index contributed by atoms with van der Waals surface area (Å²) in [7, 11) is 0. The van der Waals surface area contributed by atoms with Gasteiger partial charge in [0.05, 0.1) is 18.2 Å². The van der Waals surface area contributed by atoms with Gasteiger partial charge in [-0.1, -0.05) is 12.1 Å². The predicted molar refractivity (Wildman–Crippen MR) is 68.3 cm³/mol. The first-order valence-corrected chi connectivity index (χ1v) is 6.08. The van der Waals surface area contributed by atoms with Gasteiger partial charge in [-0.25, -0.2) is 4.39 Å². The maximum absolute atomic E-state index is 13.0. The molecule has 2 N–H and O–H groups in total. The Morgan fingerprint density at radius 2 is 1.95 bits per heavy atom. The van der Waals surface area contributed by atoms with Crippen molar-refractivity contribution in [2.75, 3.05) is 13.2 Å². The summed E-state index contributed by atoms with van der Waals surface area (Å²) in [6.07, 6.45) is 0. The van der Waals surface area contributed by atoms with Crippen LogP contribution in [0.2, 0.25) is 0 Å². The molecule has 1 aromatic rings. The Morgan fingerprint density at radius 3 is 2.45 bits per heavy atom. The van der Waals surface area contributed by atoms with Crippen LogP contribution in [0.5, 0.6) is 0 Å². The molecule has 0 spiro atoms. The van der Waals surface area contributed by atoms with Gasteiger partial charge in [-0.2, -0.15) is 0 Å². The smallest absolute Gasteiger partial charge is 0.290 e. The average Bonchev–Trinajstić information content (AvgIpc) is 2.65. The van der Waals surface area contributed by atoms with E-state index in [0.717, 1.165) is 0 Å². The number of halogens is 1. The van der Waals surface area contributed by atoms with Gasteiger partial charge in [0.1, 0.15) is 5.82 Å². The lowest BCUT2D eigenvalue weighted by Crippen LogP contribution is -2.33. The zero-order chi connectivity index (χ0) is 14.9. The zero-order valence-electron chi connectivity index (χ0n) is 10.8. The van der Waals surface area contributed by atoms with E-state index in [1.807, 2.05) is 0 Å². The van der Waals surface area contributed by atoms with Crippen LogP contribution < -0.4 is 0 Å². The molecule has 0 saturated heterocycles. The van der Waals surface area contributed by atoms with Crippen LogP contribution in [0.3, 0.4) is 0 Å². The largest absolute Gasteiger partial charge is 0.503 e. The summed E-state index contributed by atoms with van der Waals surface area (Å²) >= 11 is 0. The van der Waals surface area contributed by atoms with Crippen molar-refractivity contribution in [2.45, 2.75) is 13.0 Å². The third-order valence-electron chi connectivity index (χ3n) is 3.21. The quantitative estimate of drug-likeness (QED) is 0.865. The van der Waals surface area contributed by atoms with E-state index >= 15 is 0 Å². The third-order valence-corrected chi connectivity index (χ3v) is 3.21. The molecule has 0 unspecified atom stereocenters. The number of rotatable bonds is 4. The summed E-state index contributed by atoms with van der Waals surface area (Å²) in [6, 6.07) is 4.51. The van der Waals surface area contributed by atoms with Crippen molar-refractivity contribution in [3.63, 3.8) is 0 Å². The molecule has 0 bridgehead atoms. The first-order chi connectivity index (χ1) is 9.47. The lowest BCUT2D eigenvalue weighted by molar-refractivity contribution is -0.129. The molecule has 106 valence electrons. The average molecular weight is 279 g/mol. The molecule has 1 amide bonds. The van der Waals surface area contributed by atoms with E-state index in [2.05, 4.69) is 0 Å². The highest BCUT2D eigenvalue weighted by Gasteiger charge is 2.41. The zero-order valence-corrected chi connectivity index (χ0v) is 10.8. The number of hydrogen-bond donors (Lipinski definition) is 2. The van der Waals surface area contributed by atoms with Crippen molar-refractivity contribution in [3.05, 3.63) is 47.0 Å². The summed E-state index contributed by atoms with van der Waals surface area (Å²) in [5.74, 6) is -2.20. The van der Waals surface area contributed by atoms with Crippen LogP contribution in [-0.4, -0.2) is 40.0 Å². The Kier molecular flexibility index (Phi) is 3.85. The number of nitrogens with zero attached hydrogens (tertiary/aromatic N) is 1. The van der Waals surface area contributed by atoms with Crippen LogP contribution in [0.25, 0.3) is 0 Å². The van der Waals surface area contributed by atoms with E-state index < -0.39 is 29.3 Å². The lowest BCUT2D eigenvalue weighted by Gasteiger charge is -2.25. The van der Waals surface area contributed by atoms with Crippen LogP contribution >= 0.6 is 0 Å². The Balaban J connectivity index is 2.51. The first kappa shape index (κ1) is 14.2. The number of benzene rings is 1. The van der Waals surface area contributed by atoms with E-state index in [-0.39, 0.29) is 18.7 Å². The van der Waals surface area contributed by atoms with E-state index in [1.165, 1.54) is 36.1 Å². The molecule has 0 aromatic heterocycles. The molecule has 20 heavy (non-hydrogen) atoms. The SMILES string of the molecule is CC(=O)C1=C(O)C(=O)N(CCO)[C@H]1c1ccc(F)cc1. The number of Topliss-reactive ketones (excluding diaryl/α,β-unsaturated/α-hetero) is 1. The monoisotopic (exact) mass is 279 g/mol.